The van der Waals surface area contributed by atoms with E-state index in [1.807, 2.05) is 66.1 Å². The zero-order valence-corrected chi connectivity index (χ0v) is 36.8. The smallest absolute Gasteiger partial charge is 0.407 e. The average molecular weight is 877 g/mol. The van der Waals surface area contributed by atoms with Crippen molar-refractivity contribution >= 4 is 35.0 Å². The van der Waals surface area contributed by atoms with Gasteiger partial charge in [0.2, 0.25) is 5.91 Å². The van der Waals surface area contributed by atoms with Gasteiger partial charge in [0.05, 0.1) is 49.2 Å². The Morgan fingerprint density at radius 1 is 0.800 bits per heavy atom. The number of nitrogens with zero attached hydrogens (tertiary/aromatic N) is 4. The summed E-state index contributed by atoms with van der Waals surface area (Å²) >= 11 is 0. The maximum atomic E-state index is 14.4. The molecule has 3 fully saturated rings. The van der Waals surface area contributed by atoms with Crippen molar-refractivity contribution in [3.05, 3.63) is 114 Å². The number of rotatable bonds is 10. The largest absolute Gasteiger partial charge is 0.488 e. The number of H-pyrrole nitrogens is 2. The number of likely N-dealkylation sites (tertiary alicyclic amines) is 2. The minimum Gasteiger partial charge on any atom is -0.488 e. The highest BCUT2D eigenvalue weighted by Crippen LogP contribution is 2.51. The molecule has 2 saturated heterocycles. The molecular weight excluding hydrogens is 825 g/mol. The Balaban J connectivity index is 0.864. The SMILES string of the molecule is COC(=O)N[C@H](C(=O)N1CCC[C@H]1c1ncc(-c2ccc3c(c2)OCc2cc(-c4ccc5nc([C@@H]6[C@H]7CC[C@H](C7)N6C(=O)[C@H](NC(=O)OC)c6ccccc6)[nH]c5c4)ccc2-3)[nH]1)C(C)C. The third-order valence-electron chi connectivity index (χ3n) is 13.7. The van der Waals surface area contributed by atoms with Crippen LogP contribution in [0.1, 0.15) is 86.9 Å². The van der Waals surface area contributed by atoms with E-state index in [4.69, 9.17) is 24.2 Å². The lowest BCUT2D eigenvalue weighted by molar-refractivity contribution is -0.138. The van der Waals surface area contributed by atoms with Crippen LogP contribution in [0.4, 0.5) is 9.59 Å². The molecule has 6 aromatic rings. The maximum Gasteiger partial charge on any atom is 0.407 e. The molecule has 2 bridgehead atoms. The number of aromatic nitrogens is 4. The van der Waals surface area contributed by atoms with E-state index in [1.54, 1.807) is 6.20 Å². The average Bonchev–Trinajstić information content (AvgIpc) is 4.20. The predicted octanol–water partition coefficient (Wildman–Crippen LogP) is 8.37. The van der Waals surface area contributed by atoms with E-state index in [0.29, 0.717) is 24.5 Å². The summed E-state index contributed by atoms with van der Waals surface area (Å²) in [5, 5.41) is 5.49. The molecular formula is C50H52N8O7. The molecule has 0 spiro atoms. The van der Waals surface area contributed by atoms with Crippen molar-refractivity contribution in [2.45, 2.75) is 82.8 Å². The number of imidazole rings is 2. The van der Waals surface area contributed by atoms with Crippen LogP contribution in [0.3, 0.4) is 0 Å². The Labute approximate surface area is 376 Å². The molecule has 1 saturated carbocycles. The van der Waals surface area contributed by atoms with Crippen LogP contribution in [-0.2, 0) is 25.7 Å². The number of aromatic amines is 2. The number of benzene rings is 4. The second-order valence-corrected chi connectivity index (χ2v) is 17.9. The Morgan fingerprint density at radius 2 is 1.55 bits per heavy atom. The molecule has 0 radical (unpaired) electrons. The molecule has 65 heavy (non-hydrogen) atoms. The quantitative estimate of drug-likeness (QED) is 0.105. The highest BCUT2D eigenvalue weighted by molar-refractivity contribution is 5.89. The van der Waals surface area contributed by atoms with Gasteiger partial charge in [-0.3, -0.25) is 9.59 Å². The summed E-state index contributed by atoms with van der Waals surface area (Å²) in [7, 11) is 2.59. The number of hydrogen-bond acceptors (Lipinski definition) is 9. The van der Waals surface area contributed by atoms with Gasteiger partial charge in [0.1, 0.15) is 36.1 Å². The first-order valence-corrected chi connectivity index (χ1v) is 22.4. The van der Waals surface area contributed by atoms with Crippen molar-refractivity contribution in [1.82, 2.24) is 40.4 Å². The van der Waals surface area contributed by atoms with E-state index in [2.05, 4.69) is 63.1 Å². The normalized spacial score (nSPS) is 20.5. The lowest BCUT2D eigenvalue weighted by Crippen LogP contribution is -2.51. The monoisotopic (exact) mass is 876 g/mol. The fourth-order valence-corrected chi connectivity index (χ4v) is 10.5. The van der Waals surface area contributed by atoms with E-state index < -0.39 is 24.3 Å². The second-order valence-electron chi connectivity index (χ2n) is 17.9. The first-order valence-electron chi connectivity index (χ1n) is 22.4. The number of nitrogens with one attached hydrogen (secondary N) is 4. The Hall–Kier alpha value is -7.16. The van der Waals surface area contributed by atoms with Gasteiger partial charge in [-0.05, 0) is 102 Å². The van der Waals surface area contributed by atoms with Crippen LogP contribution in [0.5, 0.6) is 5.75 Å². The van der Waals surface area contributed by atoms with E-state index in [0.717, 1.165) is 93.8 Å². The van der Waals surface area contributed by atoms with Crippen molar-refractivity contribution in [1.29, 1.82) is 0 Å². The highest BCUT2D eigenvalue weighted by Gasteiger charge is 2.51. The van der Waals surface area contributed by atoms with E-state index in [1.165, 1.54) is 14.2 Å². The number of methoxy groups -OCH3 is 2. The third kappa shape index (κ3) is 7.72. The molecule has 3 aliphatic heterocycles. The number of carbonyl (C=O) groups is 4. The Kier molecular flexibility index (Phi) is 11.0. The number of alkyl carbamates (subject to hydrolysis) is 2. The molecule has 15 heteroatoms. The maximum absolute atomic E-state index is 14.4. The summed E-state index contributed by atoms with van der Waals surface area (Å²) in [5.74, 6) is 2.06. The molecule has 15 nitrogen and oxygen atoms in total. The molecule has 4 aliphatic rings. The molecule has 0 unspecified atom stereocenters. The molecule has 4 N–H and O–H groups in total. The van der Waals surface area contributed by atoms with Gasteiger partial charge in [-0.2, -0.15) is 0 Å². The standard InChI is InChI=1S/C50H52N8O7/c1-27(2)42(55-49(61)63-3)47(59)57-20-8-11-40(57)45-51-25-39(54-45)31-14-18-36-35-17-13-29(21-33(35)26-65-41(36)24-31)30-15-19-37-38(23-30)53-46(52-37)44-32-12-16-34(22-32)58(44)48(60)43(56-50(62)64-4)28-9-6-5-7-10-28/h5-7,9-10,13-15,17-19,21,23-25,27,32,34,40,42-44H,8,11-12,16,20,22,26H2,1-4H3,(H,51,54)(H,52,53)(H,55,61)(H,56,62)/t32-,34+,40-,42-,43+,44-/m0/s1. The molecule has 4 amide bonds. The van der Waals surface area contributed by atoms with Crippen molar-refractivity contribution < 1.29 is 33.4 Å². The third-order valence-corrected chi connectivity index (χ3v) is 13.7. The number of carbonyl (C=O) groups excluding carboxylic acids is 4. The number of ether oxygens (including phenoxy) is 3. The zero-order valence-electron chi connectivity index (χ0n) is 36.8. The van der Waals surface area contributed by atoms with E-state index in [-0.39, 0.29) is 41.8 Å². The summed E-state index contributed by atoms with van der Waals surface area (Å²) in [6.45, 7) is 4.79. The topological polar surface area (TPSA) is 184 Å². The Morgan fingerprint density at radius 3 is 2.35 bits per heavy atom. The van der Waals surface area contributed by atoms with Crippen LogP contribution in [0.25, 0.3) is 44.5 Å². The van der Waals surface area contributed by atoms with Gasteiger partial charge in [0, 0.05) is 23.7 Å². The number of fused-ring (bicyclic) bond motifs is 6. The first kappa shape index (κ1) is 41.8. The lowest BCUT2D eigenvalue weighted by atomic mass is 9.92. The number of amides is 4. The fourth-order valence-electron chi connectivity index (χ4n) is 10.5. The minimum absolute atomic E-state index is 0.0641. The summed E-state index contributed by atoms with van der Waals surface area (Å²) in [6.07, 6.45) is 4.93. The fraction of sp³-hybridized carbons (Fsp3) is 0.360. The van der Waals surface area contributed by atoms with Crippen molar-refractivity contribution in [2.24, 2.45) is 11.8 Å². The minimum atomic E-state index is -0.885. The first-order chi connectivity index (χ1) is 31.6. The summed E-state index contributed by atoms with van der Waals surface area (Å²) < 4.78 is 16.1. The van der Waals surface area contributed by atoms with Crippen molar-refractivity contribution in [3.63, 3.8) is 0 Å². The molecule has 1 aliphatic carbocycles. The molecule has 10 rings (SSSR count). The van der Waals surface area contributed by atoms with Crippen molar-refractivity contribution in [2.75, 3.05) is 20.8 Å². The predicted molar refractivity (Wildman–Crippen MR) is 242 cm³/mol. The summed E-state index contributed by atoms with van der Waals surface area (Å²) in [4.78, 5) is 73.2. The summed E-state index contributed by atoms with van der Waals surface area (Å²) in [6, 6.07) is 26.1. The molecule has 334 valence electrons. The van der Waals surface area contributed by atoms with E-state index in [9.17, 15) is 19.2 Å². The van der Waals surface area contributed by atoms with Crippen LogP contribution in [-0.4, -0.2) is 86.6 Å². The number of hydrogen-bond donors (Lipinski definition) is 4. The summed E-state index contributed by atoms with van der Waals surface area (Å²) in [5.41, 5.74) is 9.41. The van der Waals surface area contributed by atoms with Gasteiger partial charge in [-0.1, -0.05) is 68.4 Å². The van der Waals surface area contributed by atoms with Gasteiger partial charge >= 0.3 is 12.2 Å². The second kappa shape index (κ2) is 17.1. The Bertz CT molecular complexity index is 2800. The van der Waals surface area contributed by atoms with Crippen LogP contribution in [0, 0.1) is 11.8 Å². The van der Waals surface area contributed by atoms with Gasteiger partial charge in [0.25, 0.3) is 5.91 Å². The van der Waals surface area contributed by atoms with Gasteiger partial charge in [-0.15, -0.1) is 0 Å². The molecule has 6 atom stereocenters. The van der Waals surface area contributed by atoms with Gasteiger partial charge in [-0.25, -0.2) is 19.6 Å². The zero-order chi connectivity index (χ0) is 44.9. The molecule has 5 heterocycles. The molecule has 2 aromatic heterocycles. The van der Waals surface area contributed by atoms with E-state index >= 15 is 0 Å². The van der Waals surface area contributed by atoms with Gasteiger partial charge in [0.15, 0.2) is 0 Å². The highest BCUT2D eigenvalue weighted by atomic mass is 16.5. The van der Waals surface area contributed by atoms with Crippen LogP contribution in [0.15, 0.2) is 91.1 Å². The van der Waals surface area contributed by atoms with Crippen LogP contribution >= 0.6 is 0 Å². The number of piperidine rings is 1. The van der Waals surface area contributed by atoms with Crippen LogP contribution < -0.4 is 15.4 Å². The van der Waals surface area contributed by atoms with Crippen molar-refractivity contribution in [3.8, 4) is 39.3 Å². The van der Waals surface area contributed by atoms with Gasteiger partial charge < -0.3 is 44.6 Å². The van der Waals surface area contributed by atoms with Crippen LogP contribution in [0.2, 0.25) is 0 Å². The molecule has 4 aromatic carbocycles. The lowest BCUT2D eigenvalue weighted by Gasteiger charge is -2.36.